The molecule has 3 N–H and O–H groups in total. The number of hydrogen-bond donors (Lipinski definition) is 3. The van der Waals surface area contributed by atoms with Crippen molar-refractivity contribution in [1.29, 1.82) is 0 Å². The second-order valence-corrected chi connectivity index (χ2v) is 7.63. The number of aryl methyl sites for hydroxylation is 1. The molecule has 144 valence electrons. The molecule has 2 amide bonds. The van der Waals surface area contributed by atoms with E-state index in [0.717, 1.165) is 6.42 Å². The second kappa shape index (κ2) is 9.21. The van der Waals surface area contributed by atoms with Gasteiger partial charge in [-0.3, -0.25) is 9.59 Å². The minimum absolute atomic E-state index is 0.102. The number of para-hydroxylation sites is 1. The van der Waals surface area contributed by atoms with E-state index in [1.54, 1.807) is 12.1 Å². The topological polar surface area (TPSA) is 70.2 Å². The Hall–Kier alpha value is -2.82. The van der Waals surface area contributed by atoms with Gasteiger partial charge in [-0.05, 0) is 57.4 Å². The predicted molar refractivity (Wildman–Crippen MR) is 110 cm³/mol. The van der Waals surface area contributed by atoms with Crippen molar-refractivity contribution in [2.24, 2.45) is 0 Å². The minimum atomic E-state index is -0.322. The molecule has 2 aromatic rings. The number of carbonyl (C=O) groups is 2. The SMILES string of the molecule is Cc1ccccc1CCNC(=O)CNc1ccccc1C(=O)NC(C)(C)C. The molecule has 0 saturated carbocycles. The van der Waals surface area contributed by atoms with Crippen molar-refractivity contribution in [2.75, 3.05) is 18.4 Å². The average Bonchev–Trinajstić information content (AvgIpc) is 2.60. The molecule has 0 radical (unpaired) electrons. The fourth-order valence-corrected chi connectivity index (χ4v) is 2.71. The first-order valence-corrected chi connectivity index (χ1v) is 9.23. The first-order valence-electron chi connectivity index (χ1n) is 9.23. The van der Waals surface area contributed by atoms with Gasteiger partial charge in [-0.1, -0.05) is 36.4 Å². The lowest BCUT2D eigenvalue weighted by atomic mass is 10.1. The molecular formula is C22H29N3O2. The highest BCUT2D eigenvalue weighted by Crippen LogP contribution is 2.16. The monoisotopic (exact) mass is 367 g/mol. The zero-order chi connectivity index (χ0) is 19.9. The van der Waals surface area contributed by atoms with Gasteiger partial charge < -0.3 is 16.0 Å². The standard InChI is InChI=1S/C22H29N3O2/c1-16-9-5-6-10-17(16)13-14-23-20(26)15-24-19-12-8-7-11-18(19)21(27)25-22(2,3)4/h5-12,24H,13-15H2,1-4H3,(H,23,26)(H,25,27). The van der Waals surface area contributed by atoms with E-state index in [-0.39, 0.29) is 23.9 Å². The van der Waals surface area contributed by atoms with Crippen LogP contribution >= 0.6 is 0 Å². The van der Waals surface area contributed by atoms with E-state index in [4.69, 9.17) is 0 Å². The Morgan fingerprint density at radius 1 is 0.963 bits per heavy atom. The summed E-state index contributed by atoms with van der Waals surface area (Å²) in [4.78, 5) is 24.6. The van der Waals surface area contributed by atoms with Crippen LogP contribution in [0.25, 0.3) is 0 Å². The molecule has 0 aromatic heterocycles. The molecule has 0 unspecified atom stereocenters. The number of hydrogen-bond acceptors (Lipinski definition) is 3. The van der Waals surface area contributed by atoms with E-state index >= 15 is 0 Å². The molecule has 0 bridgehead atoms. The van der Waals surface area contributed by atoms with E-state index in [1.165, 1.54) is 11.1 Å². The number of carbonyl (C=O) groups excluding carboxylic acids is 2. The van der Waals surface area contributed by atoms with Gasteiger partial charge in [0.05, 0.1) is 12.1 Å². The van der Waals surface area contributed by atoms with Crippen LogP contribution in [0.3, 0.4) is 0 Å². The van der Waals surface area contributed by atoms with Gasteiger partial charge in [-0.15, -0.1) is 0 Å². The zero-order valence-electron chi connectivity index (χ0n) is 16.6. The first-order chi connectivity index (χ1) is 12.8. The molecule has 2 rings (SSSR count). The maximum atomic E-state index is 12.4. The number of anilines is 1. The van der Waals surface area contributed by atoms with Crippen molar-refractivity contribution in [3.8, 4) is 0 Å². The smallest absolute Gasteiger partial charge is 0.253 e. The van der Waals surface area contributed by atoms with Crippen LogP contribution in [0.2, 0.25) is 0 Å². The molecular weight excluding hydrogens is 338 g/mol. The highest BCUT2D eigenvalue weighted by molar-refractivity contribution is 6.00. The predicted octanol–water partition coefficient (Wildman–Crippen LogP) is 3.29. The van der Waals surface area contributed by atoms with E-state index in [1.807, 2.05) is 45.0 Å². The van der Waals surface area contributed by atoms with Crippen LogP contribution < -0.4 is 16.0 Å². The third-order valence-corrected chi connectivity index (χ3v) is 4.08. The maximum absolute atomic E-state index is 12.4. The summed E-state index contributed by atoms with van der Waals surface area (Å²) in [6.07, 6.45) is 0.795. The summed E-state index contributed by atoms with van der Waals surface area (Å²) < 4.78 is 0. The number of benzene rings is 2. The molecule has 0 heterocycles. The summed E-state index contributed by atoms with van der Waals surface area (Å²) in [5, 5.41) is 8.92. The van der Waals surface area contributed by atoms with Crippen LogP contribution in [0, 0.1) is 6.92 Å². The summed E-state index contributed by atoms with van der Waals surface area (Å²) in [6, 6.07) is 15.4. The molecule has 0 fully saturated rings. The Balaban J connectivity index is 1.86. The summed E-state index contributed by atoms with van der Waals surface area (Å²) >= 11 is 0. The van der Waals surface area contributed by atoms with Gasteiger partial charge in [-0.25, -0.2) is 0 Å². The van der Waals surface area contributed by atoms with E-state index in [2.05, 4.69) is 35.0 Å². The first kappa shape index (κ1) is 20.5. The maximum Gasteiger partial charge on any atom is 0.253 e. The van der Waals surface area contributed by atoms with E-state index in [9.17, 15) is 9.59 Å². The highest BCUT2D eigenvalue weighted by Gasteiger charge is 2.17. The van der Waals surface area contributed by atoms with Gasteiger partial charge in [0.25, 0.3) is 5.91 Å². The quantitative estimate of drug-likeness (QED) is 0.703. The summed E-state index contributed by atoms with van der Waals surface area (Å²) in [5.41, 5.74) is 3.31. The van der Waals surface area contributed by atoms with E-state index < -0.39 is 0 Å². The molecule has 0 aliphatic heterocycles. The summed E-state index contributed by atoms with van der Waals surface area (Å²) in [7, 11) is 0. The largest absolute Gasteiger partial charge is 0.376 e. The number of rotatable bonds is 7. The summed E-state index contributed by atoms with van der Waals surface area (Å²) in [5.74, 6) is -0.264. The number of amides is 2. The molecule has 0 atom stereocenters. The number of nitrogens with one attached hydrogen (secondary N) is 3. The third-order valence-electron chi connectivity index (χ3n) is 4.08. The van der Waals surface area contributed by atoms with Crippen LogP contribution in [0.15, 0.2) is 48.5 Å². The minimum Gasteiger partial charge on any atom is -0.376 e. The Labute approximate surface area is 161 Å². The van der Waals surface area contributed by atoms with Crippen LogP contribution in [0.5, 0.6) is 0 Å². The lowest BCUT2D eigenvalue weighted by molar-refractivity contribution is -0.119. The Bertz CT molecular complexity index is 794. The zero-order valence-corrected chi connectivity index (χ0v) is 16.6. The molecule has 27 heavy (non-hydrogen) atoms. The van der Waals surface area contributed by atoms with Gasteiger partial charge in [0, 0.05) is 17.8 Å². The Morgan fingerprint density at radius 2 is 1.63 bits per heavy atom. The van der Waals surface area contributed by atoms with E-state index in [0.29, 0.717) is 17.8 Å². The van der Waals surface area contributed by atoms with Crippen LogP contribution in [-0.2, 0) is 11.2 Å². The molecule has 0 saturated heterocycles. The average molecular weight is 367 g/mol. The summed E-state index contributed by atoms with van der Waals surface area (Å²) in [6.45, 7) is 8.57. The Kier molecular flexibility index (Phi) is 6.99. The third kappa shape index (κ3) is 6.77. The van der Waals surface area contributed by atoms with Crippen LogP contribution in [-0.4, -0.2) is 30.4 Å². The molecule has 5 heteroatoms. The Morgan fingerprint density at radius 3 is 2.33 bits per heavy atom. The lowest BCUT2D eigenvalue weighted by Gasteiger charge is -2.21. The van der Waals surface area contributed by atoms with Crippen molar-refractivity contribution in [1.82, 2.24) is 10.6 Å². The van der Waals surface area contributed by atoms with Crippen molar-refractivity contribution in [3.63, 3.8) is 0 Å². The normalized spacial score (nSPS) is 11.0. The highest BCUT2D eigenvalue weighted by atomic mass is 16.2. The van der Waals surface area contributed by atoms with Crippen molar-refractivity contribution >= 4 is 17.5 Å². The van der Waals surface area contributed by atoms with Gasteiger partial charge in [0.1, 0.15) is 0 Å². The van der Waals surface area contributed by atoms with Crippen molar-refractivity contribution < 1.29 is 9.59 Å². The van der Waals surface area contributed by atoms with Crippen molar-refractivity contribution in [3.05, 3.63) is 65.2 Å². The molecule has 0 aliphatic rings. The fourth-order valence-electron chi connectivity index (χ4n) is 2.71. The van der Waals surface area contributed by atoms with Crippen LogP contribution in [0.4, 0.5) is 5.69 Å². The van der Waals surface area contributed by atoms with Crippen molar-refractivity contribution in [2.45, 2.75) is 39.7 Å². The lowest BCUT2D eigenvalue weighted by Crippen LogP contribution is -2.41. The van der Waals surface area contributed by atoms with Gasteiger partial charge in [0.2, 0.25) is 5.91 Å². The van der Waals surface area contributed by atoms with Crippen LogP contribution in [0.1, 0.15) is 42.3 Å². The second-order valence-electron chi connectivity index (χ2n) is 7.63. The molecule has 5 nitrogen and oxygen atoms in total. The molecule has 0 spiro atoms. The van der Waals surface area contributed by atoms with Gasteiger partial charge in [0.15, 0.2) is 0 Å². The molecule has 0 aliphatic carbocycles. The van der Waals surface area contributed by atoms with Gasteiger partial charge in [-0.2, -0.15) is 0 Å². The molecule has 2 aromatic carbocycles. The van der Waals surface area contributed by atoms with Gasteiger partial charge >= 0.3 is 0 Å². The fraction of sp³-hybridized carbons (Fsp3) is 0.364.